The van der Waals surface area contributed by atoms with E-state index in [4.69, 9.17) is 0 Å². The van der Waals surface area contributed by atoms with Gasteiger partial charge in [-0.15, -0.1) is 0 Å². The number of benzene rings is 2. The Bertz CT molecular complexity index is 1000. The highest BCUT2D eigenvalue weighted by atomic mass is 19.3. The fourth-order valence-corrected chi connectivity index (χ4v) is 3.35. The van der Waals surface area contributed by atoms with Gasteiger partial charge >= 0.3 is 12.5 Å². The minimum absolute atomic E-state index is 0.0830. The highest BCUT2D eigenvalue weighted by Crippen LogP contribution is 2.40. The van der Waals surface area contributed by atoms with Gasteiger partial charge in [0.2, 0.25) is 11.8 Å². The molecule has 1 aliphatic heterocycles. The van der Waals surface area contributed by atoms with Gasteiger partial charge in [-0.3, -0.25) is 9.59 Å². The lowest BCUT2D eigenvalue weighted by atomic mass is 9.87. The molecule has 0 bridgehead atoms. The molecule has 2 aromatic rings. The summed E-state index contributed by atoms with van der Waals surface area (Å²) in [7, 11) is 1.35. The van der Waals surface area contributed by atoms with Crippen LogP contribution >= 0.6 is 0 Å². The molecule has 5 nitrogen and oxygen atoms in total. The van der Waals surface area contributed by atoms with Crippen LogP contribution in [0.4, 0.5) is 32.0 Å². The van der Waals surface area contributed by atoms with E-state index in [-0.39, 0.29) is 12.1 Å². The molecule has 0 spiro atoms. The van der Waals surface area contributed by atoms with Crippen LogP contribution in [0, 0.1) is 17.6 Å². The number of halogens is 6. The van der Waals surface area contributed by atoms with E-state index in [0.717, 1.165) is 29.2 Å². The first-order valence-electron chi connectivity index (χ1n) is 8.96. The number of carbonyl (C=O) groups excluding carboxylic acids is 2. The predicted molar refractivity (Wildman–Crippen MR) is 96.9 cm³/mol. The Labute approximate surface area is 172 Å². The fraction of sp³-hybridized carbons (Fsp3) is 0.300. The van der Waals surface area contributed by atoms with Crippen LogP contribution in [0.2, 0.25) is 0 Å². The number of nitrogens with zero attached hydrogens (tertiary/aromatic N) is 1. The summed E-state index contributed by atoms with van der Waals surface area (Å²) in [5.41, 5.74) is -0.597. The number of hydrogen-bond donors (Lipinski definition) is 1. The third-order valence-corrected chi connectivity index (χ3v) is 4.83. The molecular formula is C20H16F6N2O3. The van der Waals surface area contributed by atoms with Crippen molar-refractivity contribution in [3.05, 3.63) is 59.7 Å². The molecule has 1 aliphatic rings. The molecule has 0 radical (unpaired) electrons. The molecule has 2 aromatic carbocycles. The van der Waals surface area contributed by atoms with E-state index < -0.39 is 59.3 Å². The Balaban J connectivity index is 1.95. The van der Waals surface area contributed by atoms with Crippen molar-refractivity contribution in [3.8, 4) is 5.75 Å². The minimum Gasteiger partial charge on any atom is -0.428 e. The van der Waals surface area contributed by atoms with Crippen LogP contribution in [0.1, 0.15) is 11.5 Å². The Morgan fingerprint density at radius 1 is 1.16 bits per heavy atom. The summed E-state index contributed by atoms with van der Waals surface area (Å²) in [6, 6.07) is 7.98. The topological polar surface area (TPSA) is 58.6 Å². The third kappa shape index (κ3) is 4.44. The van der Waals surface area contributed by atoms with Crippen LogP contribution in [-0.4, -0.2) is 42.8 Å². The lowest BCUT2D eigenvalue weighted by Gasteiger charge is -2.23. The van der Waals surface area contributed by atoms with Crippen molar-refractivity contribution in [1.82, 2.24) is 4.90 Å². The summed E-state index contributed by atoms with van der Waals surface area (Å²) in [5.74, 6) is -7.51. The number of hydrogen-bond acceptors (Lipinski definition) is 3. The number of nitrogens with one attached hydrogen (secondary N) is 1. The molecular weight excluding hydrogens is 430 g/mol. The lowest BCUT2D eigenvalue weighted by Crippen LogP contribution is -2.35. The van der Waals surface area contributed by atoms with E-state index in [2.05, 4.69) is 10.1 Å². The Morgan fingerprint density at radius 3 is 2.52 bits per heavy atom. The van der Waals surface area contributed by atoms with E-state index in [1.807, 2.05) is 0 Å². The van der Waals surface area contributed by atoms with E-state index in [0.29, 0.717) is 0 Å². The number of likely N-dealkylation sites (tertiary alicyclic amines) is 1. The SMILES string of the molecule is CN1CC(c2ccccc2OC(F)(F)C(F)F)C(C(=O)Nc2cccc(F)c2F)C1=O. The maximum Gasteiger partial charge on any atom is 0.461 e. The Morgan fingerprint density at radius 2 is 1.84 bits per heavy atom. The normalized spacial score (nSPS) is 19.1. The van der Waals surface area contributed by atoms with Crippen LogP contribution in [-0.2, 0) is 9.59 Å². The molecule has 1 saturated heterocycles. The van der Waals surface area contributed by atoms with Gasteiger partial charge in [0.1, 0.15) is 11.7 Å². The number of likely N-dealkylation sites (N-methyl/N-ethyl adjacent to an activating group) is 1. The average Bonchev–Trinajstić information content (AvgIpc) is 3.00. The van der Waals surface area contributed by atoms with Gasteiger partial charge in [0.15, 0.2) is 11.6 Å². The highest BCUT2D eigenvalue weighted by molar-refractivity contribution is 6.08. The lowest BCUT2D eigenvalue weighted by molar-refractivity contribution is -0.253. The van der Waals surface area contributed by atoms with E-state index >= 15 is 0 Å². The second kappa shape index (κ2) is 8.48. The molecule has 0 saturated carbocycles. The third-order valence-electron chi connectivity index (χ3n) is 4.83. The molecule has 166 valence electrons. The summed E-state index contributed by atoms with van der Waals surface area (Å²) in [6.45, 7) is -0.122. The molecule has 1 heterocycles. The number of carbonyl (C=O) groups is 2. The van der Waals surface area contributed by atoms with Crippen molar-refractivity contribution < 1.29 is 40.7 Å². The monoisotopic (exact) mass is 446 g/mol. The number of alkyl halides is 4. The van der Waals surface area contributed by atoms with Crippen molar-refractivity contribution >= 4 is 17.5 Å². The molecule has 0 aromatic heterocycles. The average molecular weight is 446 g/mol. The molecule has 1 fully saturated rings. The van der Waals surface area contributed by atoms with Crippen LogP contribution in [0.25, 0.3) is 0 Å². The predicted octanol–water partition coefficient (Wildman–Crippen LogP) is 4.01. The molecule has 2 atom stereocenters. The fourth-order valence-electron chi connectivity index (χ4n) is 3.35. The smallest absolute Gasteiger partial charge is 0.428 e. The molecule has 3 rings (SSSR count). The molecule has 1 N–H and O–H groups in total. The van der Waals surface area contributed by atoms with E-state index in [9.17, 15) is 35.9 Å². The molecule has 2 unspecified atom stereocenters. The number of para-hydroxylation sites is 1. The molecule has 0 aliphatic carbocycles. The van der Waals surface area contributed by atoms with Gasteiger partial charge in [0, 0.05) is 25.1 Å². The van der Waals surface area contributed by atoms with Crippen molar-refractivity contribution in [2.24, 2.45) is 5.92 Å². The standard InChI is InChI=1S/C20H16F6N2O3/c1-28-9-11(10-5-2-3-8-14(10)31-20(25,26)19(23)24)15(18(28)30)17(29)27-13-7-4-6-12(21)16(13)22/h2-8,11,15,19H,9H2,1H3,(H,27,29). The zero-order chi connectivity index (χ0) is 22.9. The van der Waals surface area contributed by atoms with Crippen LogP contribution < -0.4 is 10.1 Å². The summed E-state index contributed by atoms with van der Waals surface area (Å²) >= 11 is 0. The summed E-state index contributed by atoms with van der Waals surface area (Å²) < 4.78 is 83.6. The summed E-state index contributed by atoms with van der Waals surface area (Å²) in [5, 5.41) is 2.12. The largest absolute Gasteiger partial charge is 0.461 e. The number of amides is 2. The van der Waals surface area contributed by atoms with Gasteiger partial charge in [-0.2, -0.15) is 17.6 Å². The number of ether oxygens (including phenoxy) is 1. The van der Waals surface area contributed by atoms with E-state index in [1.165, 1.54) is 25.2 Å². The van der Waals surface area contributed by atoms with Crippen molar-refractivity contribution in [2.45, 2.75) is 18.5 Å². The first kappa shape index (κ1) is 22.4. The summed E-state index contributed by atoms with van der Waals surface area (Å²) in [6.07, 6.45) is -8.91. The van der Waals surface area contributed by atoms with Gasteiger partial charge in [-0.25, -0.2) is 8.78 Å². The summed E-state index contributed by atoms with van der Waals surface area (Å²) in [4.78, 5) is 26.5. The Hall–Kier alpha value is -3.24. The molecule has 31 heavy (non-hydrogen) atoms. The van der Waals surface area contributed by atoms with Gasteiger partial charge in [-0.1, -0.05) is 24.3 Å². The number of rotatable bonds is 6. The quantitative estimate of drug-likeness (QED) is 0.539. The second-order valence-corrected chi connectivity index (χ2v) is 6.90. The molecule has 11 heteroatoms. The van der Waals surface area contributed by atoms with Crippen molar-refractivity contribution in [3.63, 3.8) is 0 Å². The van der Waals surface area contributed by atoms with Gasteiger partial charge in [0.05, 0.1) is 5.69 Å². The van der Waals surface area contributed by atoms with Crippen molar-refractivity contribution in [1.29, 1.82) is 0 Å². The van der Waals surface area contributed by atoms with Crippen LogP contribution in [0.5, 0.6) is 5.75 Å². The first-order valence-corrected chi connectivity index (χ1v) is 8.96. The minimum atomic E-state index is -4.80. The zero-order valence-corrected chi connectivity index (χ0v) is 15.9. The van der Waals surface area contributed by atoms with Gasteiger partial charge in [0.25, 0.3) is 0 Å². The molecule has 2 amide bonds. The zero-order valence-electron chi connectivity index (χ0n) is 15.9. The number of anilines is 1. The maximum absolute atomic E-state index is 13.9. The second-order valence-electron chi connectivity index (χ2n) is 6.90. The van der Waals surface area contributed by atoms with Crippen LogP contribution in [0.15, 0.2) is 42.5 Å². The highest BCUT2D eigenvalue weighted by Gasteiger charge is 2.48. The van der Waals surface area contributed by atoms with Gasteiger partial charge in [-0.05, 0) is 18.2 Å². The van der Waals surface area contributed by atoms with E-state index in [1.54, 1.807) is 0 Å². The van der Waals surface area contributed by atoms with Crippen LogP contribution in [0.3, 0.4) is 0 Å². The Kier molecular flexibility index (Phi) is 6.14. The van der Waals surface area contributed by atoms with Gasteiger partial charge < -0.3 is 15.0 Å². The first-order chi connectivity index (χ1) is 14.5. The van der Waals surface area contributed by atoms with Crippen molar-refractivity contribution in [2.75, 3.05) is 18.9 Å². The maximum atomic E-state index is 13.9.